The van der Waals surface area contributed by atoms with E-state index in [0.29, 0.717) is 11.8 Å². The molecule has 0 radical (unpaired) electrons. The van der Waals surface area contributed by atoms with E-state index < -0.39 is 0 Å². The third-order valence-corrected chi connectivity index (χ3v) is 3.10. The van der Waals surface area contributed by atoms with Crippen LogP contribution in [0.15, 0.2) is 0 Å². The first kappa shape index (κ1) is 9.43. The van der Waals surface area contributed by atoms with Gasteiger partial charge in [0.15, 0.2) is 0 Å². The van der Waals surface area contributed by atoms with Crippen molar-refractivity contribution in [3.05, 3.63) is 0 Å². The lowest BCUT2D eigenvalue weighted by atomic mass is 9.70. The largest absolute Gasteiger partial charge is 0.303 e. The first-order valence-electron chi connectivity index (χ1n) is 4.59. The van der Waals surface area contributed by atoms with E-state index in [0.717, 1.165) is 25.4 Å². The van der Waals surface area contributed by atoms with Crippen molar-refractivity contribution in [2.75, 3.05) is 0 Å². The van der Waals surface area contributed by atoms with Crippen molar-refractivity contribution in [1.82, 2.24) is 0 Å². The van der Waals surface area contributed by atoms with Crippen molar-refractivity contribution in [2.45, 2.75) is 26.7 Å². The lowest BCUT2D eigenvalue weighted by molar-refractivity contribution is -0.119. The van der Waals surface area contributed by atoms with Crippen molar-refractivity contribution < 1.29 is 9.59 Å². The summed E-state index contributed by atoms with van der Waals surface area (Å²) in [5.74, 6) is 1.12. The molecule has 2 heteroatoms. The Hall–Kier alpha value is -0.660. The standard InChI is InChI=1S/C10H16O2/c1-7-3-10(6-12)8(2)4-9(7)5-11/h5-10H,3-4H2,1-2H3. The maximum absolute atomic E-state index is 10.6. The molecule has 1 rings (SSSR count). The molecule has 0 aromatic rings. The van der Waals surface area contributed by atoms with E-state index in [2.05, 4.69) is 13.8 Å². The van der Waals surface area contributed by atoms with Crippen LogP contribution in [0.2, 0.25) is 0 Å². The zero-order valence-electron chi connectivity index (χ0n) is 7.69. The second kappa shape index (κ2) is 3.83. The number of hydrogen-bond donors (Lipinski definition) is 0. The van der Waals surface area contributed by atoms with Crippen molar-refractivity contribution in [2.24, 2.45) is 23.7 Å². The molecular formula is C10H16O2. The molecule has 0 aromatic heterocycles. The van der Waals surface area contributed by atoms with Crippen LogP contribution in [-0.2, 0) is 9.59 Å². The molecule has 0 saturated heterocycles. The smallest absolute Gasteiger partial charge is 0.123 e. The van der Waals surface area contributed by atoms with Crippen LogP contribution < -0.4 is 0 Å². The highest BCUT2D eigenvalue weighted by atomic mass is 16.1. The van der Waals surface area contributed by atoms with Gasteiger partial charge in [0.1, 0.15) is 12.6 Å². The van der Waals surface area contributed by atoms with Crippen LogP contribution >= 0.6 is 0 Å². The number of hydrogen-bond acceptors (Lipinski definition) is 2. The maximum atomic E-state index is 10.6. The van der Waals surface area contributed by atoms with Crippen LogP contribution in [0, 0.1) is 23.7 Å². The molecule has 4 atom stereocenters. The van der Waals surface area contributed by atoms with Gasteiger partial charge in [-0.25, -0.2) is 0 Å². The summed E-state index contributed by atoms with van der Waals surface area (Å²) in [6, 6.07) is 0. The molecule has 1 aliphatic carbocycles. The van der Waals surface area contributed by atoms with E-state index >= 15 is 0 Å². The van der Waals surface area contributed by atoms with Crippen LogP contribution in [0.1, 0.15) is 26.7 Å². The number of carbonyl (C=O) groups excluding carboxylic acids is 2. The SMILES string of the molecule is CC1CC(C=O)C(C)CC1C=O. The van der Waals surface area contributed by atoms with Gasteiger partial charge >= 0.3 is 0 Å². The Morgan fingerprint density at radius 3 is 1.50 bits per heavy atom. The minimum atomic E-state index is 0.177. The maximum Gasteiger partial charge on any atom is 0.123 e. The van der Waals surface area contributed by atoms with Gasteiger partial charge in [-0.15, -0.1) is 0 Å². The Kier molecular flexibility index (Phi) is 3.01. The minimum absolute atomic E-state index is 0.177. The predicted molar refractivity (Wildman–Crippen MR) is 46.7 cm³/mol. The molecule has 0 spiro atoms. The second-order valence-corrected chi connectivity index (χ2v) is 4.03. The average molecular weight is 168 g/mol. The highest BCUT2D eigenvalue weighted by molar-refractivity contribution is 5.58. The molecular weight excluding hydrogens is 152 g/mol. The number of rotatable bonds is 2. The summed E-state index contributed by atoms with van der Waals surface area (Å²) in [4.78, 5) is 21.2. The van der Waals surface area contributed by atoms with Crippen LogP contribution in [0.3, 0.4) is 0 Å². The van der Waals surface area contributed by atoms with E-state index in [1.807, 2.05) is 0 Å². The van der Waals surface area contributed by atoms with E-state index in [4.69, 9.17) is 0 Å². The monoisotopic (exact) mass is 168 g/mol. The topological polar surface area (TPSA) is 34.1 Å². The molecule has 12 heavy (non-hydrogen) atoms. The Bertz CT molecular complexity index is 157. The van der Waals surface area contributed by atoms with Gasteiger partial charge in [0.05, 0.1) is 0 Å². The van der Waals surface area contributed by atoms with Crippen LogP contribution in [0.5, 0.6) is 0 Å². The molecule has 4 unspecified atom stereocenters. The van der Waals surface area contributed by atoms with Crippen molar-refractivity contribution in [1.29, 1.82) is 0 Å². The van der Waals surface area contributed by atoms with Gasteiger partial charge in [-0.2, -0.15) is 0 Å². The van der Waals surface area contributed by atoms with E-state index in [1.54, 1.807) is 0 Å². The van der Waals surface area contributed by atoms with Gasteiger partial charge in [-0.1, -0.05) is 13.8 Å². The van der Waals surface area contributed by atoms with Gasteiger partial charge in [-0.3, -0.25) is 0 Å². The zero-order chi connectivity index (χ0) is 9.14. The molecule has 0 N–H and O–H groups in total. The predicted octanol–water partition coefficient (Wildman–Crippen LogP) is 1.68. The van der Waals surface area contributed by atoms with Crippen molar-refractivity contribution in [3.63, 3.8) is 0 Å². The fourth-order valence-electron chi connectivity index (χ4n) is 2.05. The van der Waals surface area contributed by atoms with Crippen LogP contribution in [-0.4, -0.2) is 12.6 Å². The van der Waals surface area contributed by atoms with Crippen molar-refractivity contribution >= 4 is 12.6 Å². The Morgan fingerprint density at radius 1 is 0.917 bits per heavy atom. The van der Waals surface area contributed by atoms with Crippen molar-refractivity contribution in [3.8, 4) is 0 Å². The third-order valence-electron chi connectivity index (χ3n) is 3.10. The zero-order valence-corrected chi connectivity index (χ0v) is 7.69. The molecule has 1 saturated carbocycles. The fraction of sp³-hybridized carbons (Fsp3) is 0.800. The summed E-state index contributed by atoms with van der Waals surface area (Å²) in [6.45, 7) is 4.11. The highest BCUT2D eigenvalue weighted by Gasteiger charge is 2.31. The average Bonchev–Trinajstić information content (AvgIpc) is 2.08. The minimum Gasteiger partial charge on any atom is -0.303 e. The molecule has 0 bridgehead atoms. The second-order valence-electron chi connectivity index (χ2n) is 4.03. The van der Waals surface area contributed by atoms with Gasteiger partial charge < -0.3 is 9.59 Å². The van der Waals surface area contributed by atoms with Crippen LogP contribution in [0.25, 0.3) is 0 Å². The molecule has 0 amide bonds. The van der Waals surface area contributed by atoms with Crippen LogP contribution in [0.4, 0.5) is 0 Å². The summed E-state index contributed by atoms with van der Waals surface area (Å²) in [5, 5.41) is 0. The van der Waals surface area contributed by atoms with Gasteiger partial charge in [-0.05, 0) is 24.7 Å². The Morgan fingerprint density at radius 2 is 1.25 bits per heavy atom. The highest BCUT2D eigenvalue weighted by Crippen LogP contribution is 2.35. The van der Waals surface area contributed by atoms with Gasteiger partial charge in [0.2, 0.25) is 0 Å². The van der Waals surface area contributed by atoms with E-state index in [1.165, 1.54) is 0 Å². The van der Waals surface area contributed by atoms with Gasteiger partial charge in [0, 0.05) is 11.8 Å². The molecule has 1 aliphatic rings. The quantitative estimate of drug-likeness (QED) is 0.588. The van der Waals surface area contributed by atoms with Gasteiger partial charge in [0.25, 0.3) is 0 Å². The summed E-state index contributed by atoms with van der Waals surface area (Å²) in [7, 11) is 0. The summed E-state index contributed by atoms with van der Waals surface area (Å²) in [6.07, 6.45) is 3.85. The Labute approximate surface area is 73.3 Å². The van der Waals surface area contributed by atoms with E-state index in [-0.39, 0.29) is 11.8 Å². The molecule has 0 aromatic carbocycles. The first-order chi connectivity index (χ1) is 5.69. The number of aldehydes is 2. The molecule has 0 heterocycles. The summed E-state index contributed by atoms with van der Waals surface area (Å²) < 4.78 is 0. The molecule has 2 nitrogen and oxygen atoms in total. The molecule has 68 valence electrons. The normalized spacial score (nSPS) is 42.2. The summed E-state index contributed by atoms with van der Waals surface area (Å²) in [5.41, 5.74) is 0. The van der Waals surface area contributed by atoms with E-state index in [9.17, 15) is 9.59 Å². The third kappa shape index (κ3) is 1.74. The lowest BCUT2D eigenvalue weighted by Crippen LogP contribution is -2.30. The number of carbonyl (C=O) groups is 2. The molecule has 1 fully saturated rings. The lowest BCUT2D eigenvalue weighted by Gasteiger charge is -2.33. The fourth-order valence-corrected chi connectivity index (χ4v) is 2.05. The Balaban J connectivity index is 2.60. The first-order valence-corrected chi connectivity index (χ1v) is 4.59. The molecule has 0 aliphatic heterocycles. The summed E-state index contributed by atoms with van der Waals surface area (Å²) >= 11 is 0.